The largest absolute Gasteiger partial charge is 0.368 e. The summed E-state index contributed by atoms with van der Waals surface area (Å²) in [4.78, 5) is 17.0. The van der Waals surface area contributed by atoms with E-state index in [1.807, 2.05) is 19.0 Å². The van der Waals surface area contributed by atoms with Gasteiger partial charge < -0.3 is 15.5 Å². The summed E-state index contributed by atoms with van der Waals surface area (Å²) in [5.74, 6) is 2.80. The lowest BCUT2D eigenvalue weighted by Crippen LogP contribution is -2.22. The topological polar surface area (TPSA) is 102 Å². The molecule has 2 N–H and O–H groups in total. The molecule has 0 atom stereocenters. The number of aryl methyl sites for hydroxylation is 1. The van der Waals surface area contributed by atoms with Crippen LogP contribution < -0.4 is 15.5 Å². The van der Waals surface area contributed by atoms with Gasteiger partial charge in [0, 0.05) is 27.2 Å². The molecule has 0 saturated carbocycles. The Morgan fingerprint density at radius 1 is 1.03 bits per heavy atom. The number of hydrogen-bond acceptors (Lipinski definition) is 9. The van der Waals surface area contributed by atoms with Crippen molar-refractivity contribution in [2.24, 2.45) is 0 Å². The summed E-state index contributed by atoms with van der Waals surface area (Å²) >= 11 is 1.54. The quantitative estimate of drug-likeness (QED) is 0.612. The molecular weight excluding hydrogens is 386 g/mol. The van der Waals surface area contributed by atoms with Crippen LogP contribution in [-0.4, -0.2) is 56.9 Å². The zero-order valence-electron chi connectivity index (χ0n) is 16.9. The molecule has 1 aromatic carbocycles. The molecule has 1 aliphatic rings. The molecule has 0 unspecified atom stereocenters. The van der Waals surface area contributed by atoms with Crippen LogP contribution in [0.15, 0.2) is 29.4 Å². The molecule has 3 aromatic rings. The highest BCUT2D eigenvalue weighted by atomic mass is 32.2. The fraction of sp³-hybridized carbons (Fsp3) is 0.421. The van der Waals surface area contributed by atoms with Crippen LogP contribution in [0.2, 0.25) is 0 Å². The van der Waals surface area contributed by atoms with E-state index in [4.69, 9.17) is 5.73 Å². The van der Waals surface area contributed by atoms with E-state index in [1.165, 1.54) is 18.4 Å². The second-order valence-electron chi connectivity index (χ2n) is 7.24. The van der Waals surface area contributed by atoms with Gasteiger partial charge in [-0.15, -0.1) is 10.2 Å². The first-order chi connectivity index (χ1) is 14.0. The van der Waals surface area contributed by atoms with Gasteiger partial charge in [0.1, 0.15) is 5.82 Å². The number of aromatic nitrogens is 6. The van der Waals surface area contributed by atoms with Crippen molar-refractivity contribution in [3.63, 3.8) is 0 Å². The Morgan fingerprint density at radius 2 is 1.76 bits per heavy atom. The van der Waals surface area contributed by atoms with Crippen molar-refractivity contribution in [3.05, 3.63) is 35.7 Å². The highest BCUT2D eigenvalue weighted by molar-refractivity contribution is 7.98. The van der Waals surface area contributed by atoms with Gasteiger partial charge in [0.2, 0.25) is 17.8 Å². The zero-order valence-corrected chi connectivity index (χ0v) is 17.7. The molecule has 152 valence electrons. The molecule has 10 heteroatoms. The molecular formula is C19H25N9S. The van der Waals surface area contributed by atoms with Gasteiger partial charge in [-0.05, 0) is 31.9 Å². The molecule has 29 heavy (non-hydrogen) atoms. The minimum Gasteiger partial charge on any atom is -0.368 e. The minimum atomic E-state index is 0.219. The standard InChI is InChI=1S/C19H25N9S/c1-13-6-8-14(9-7-13)28-18(27-10-4-5-11-27)24-25-19(28)29-12-15-21-16(20)23-17(22-15)26(2)3/h6-9H,4-5,10-12H2,1-3H3,(H2,20,21,22,23). The first-order valence-electron chi connectivity index (χ1n) is 9.59. The molecule has 3 heterocycles. The number of thioether (sulfide) groups is 1. The third kappa shape index (κ3) is 4.26. The van der Waals surface area contributed by atoms with Crippen molar-refractivity contribution in [2.45, 2.75) is 30.7 Å². The molecule has 2 aromatic heterocycles. The van der Waals surface area contributed by atoms with Crippen LogP contribution in [0.3, 0.4) is 0 Å². The molecule has 0 radical (unpaired) electrons. The average Bonchev–Trinajstić information content (AvgIpc) is 3.36. The van der Waals surface area contributed by atoms with E-state index in [2.05, 4.69) is 65.8 Å². The molecule has 0 amide bonds. The van der Waals surface area contributed by atoms with Gasteiger partial charge in [-0.2, -0.15) is 15.0 Å². The van der Waals surface area contributed by atoms with Crippen LogP contribution >= 0.6 is 11.8 Å². The second-order valence-corrected chi connectivity index (χ2v) is 8.18. The smallest absolute Gasteiger partial charge is 0.232 e. The lowest BCUT2D eigenvalue weighted by atomic mass is 10.2. The average molecular weight is 412 g/mol. The highest BCUT2D eigenvalue weighted by Crippen LogP contribution is 2.30. The van der Waals surface area contributed by atoms with Gasteiger partial charge >= 0.3 is 0 Å². The van der Waals surface area contributed by atoms with Gasteiger partial charge in [-0.3, -0.25) is 4.57 Å². The lowest BCUT2D eigenvalue weighted by molar-refractivity contribution is 0.839. The fourth-order valence-corrected chi connectivity index (χ4v) is 4.02. The third-order valence-electron chi connectivity index (χ3n) is 4.71. The van der Waals surface area contributed by atoms with Crippen molar-refractivity contribution in [1.82, 2.24) is 29.7 Å². The Hall–Kier alpha value is -2.88. The molecule has 9 nitrogen and oxygen atoms in total. The molecule has 4 rings (SSSR count). The number of nitrogen functional groups attached to an aromatic ring is 1. The number of nitrogens with zero attached hydrogens (tertiary/aromatic N) is 8. The van der Waals surface area contributed by atoms with E-state index in [0.717, 1.165) is 29.9 Å². The van der Waals surface area contributed by atoms with Crippen molar-refractivity contribution >= 4 is 29.6 Å². The van der Waals surface area contributed by atoms with Crippen LogP contribution in [0.4, 0.5) is 17.8 Å². The van der Waals surface area contributed by atoms with E-state index in [1.54, 1.807) is 11.8 Å². The number of benzene rings is 1. The maximum absolute atomic E-state index is 5.85. The number of anilines is 3. The zero-order chi connectivity index (χ0) is 20.4. The summed E-state index contributed by atoms with van der Waals surface area (Å²) < 4.78 is 2.12. The second kappa shape index (κ2) is 8.24. The van der Waals surface area contributed by atoms with E-state index in [-0.39, 0.29) is 5.95 Å². The summed E-state index contributed by atoms with van der Waals surface area (Å²) in [6.45, 7) is 4.09. The highest BCUT2D eigenvalue weighted by Gasteiger charge is 2.22. The summed E-state index contributed by atoms with van der Waals surface area (Å²) in [6.07, 6.45) is 2.36. The van der Waals surface area contributed by atoms with Gasteiger partial charge in [0.15, 0.2) is 5.16 Å². The van der Waals surface area contributed by atoms with E-state index < -0.39 is 0 Å². The van der Waals surface area contributed by atoms with Crippen LogP contribution in [0.1, 0.15) is 24.2 Å². The van der Waals surface area contributed by atoms with Crippen LogP contribution in [0, 0.1) is 6.92 Å². The third-order valence-corrected chi connectivity index (χ3v) is 5.64. The van der Waals surface area contributed by atoms with Gasteiger partial charge in [0.25, 0.3) is 0 Å². The predicted molar refractivity (Wildman–Crippen MR) is 116 cm³/mol. The first-order valence-corrected chi connectivity index (χ1v) is 10.6. The Bertz CT molecular complexity index is 978. The molecule has 1 aliphatic heterocycles. The maximum atomic E-state index is 5.85. The van der Waals surface area contributed by atoms with Crippen molar-refractivity contribution in [2.75, 3.05) is 42.7 Å². The Morgan fingerprint density at radius 3 is 2.45 bits per heavy atom. The SMILES string of the molecule is Cc1ccc(-n2c(SCc3nc(N)nc(N(C)C)n3)nnc2N2CCCC2)cc1. The number of hydrogen-bond donors (Lipinski definition) is 1. The van der Waals surface area contributed by atoms with Crippen molar-refractivity contribution < 1.29 is 0 Å². The molecule has 0 bridgehead atoms. The molecule has 1 fully saturated rings. The molecule has 0 spiro atoms. The Kier molecular flexibility index (Phi) is 5.52. The summed E-state index contributed by atoms with van der Waals surface area (Å²) in [6, 6.07) is 8.42. The summed E-state index contributed by atoms with van der Waals surface area (Å²) in [5, 5.41) is 9.79. The van der Waals surface area contributed by atoms with E-state index in [9.17, 15) is 0 Å². The van der Waals surface area contributed by atoms with E-state index >= 15 is 0 Å². The van der Waals surface area contributed by atoms with Crippen molar-refractivity contribution in [3.8, 4) is 5.69 Å². The fourth-order valence-electron chi connectivity index (χ4n) is 3.22. The van der Waals surface area contributed by atoms with Gasteiger partial charge in [0.05, 0.1) is 11.4 Å². The molecule has 0 aliphatic carbocycles. The normalized spacial score (nSPS) is 13.8. The van der Waals surface area contributed by atoms with Crippen LogP contribution in [0.25, 0.3) is 5.69 Å². The lowest BCUT2D eigenvalue weighted by Gasteiger charge is -2.18. The summed E-state index contributed by atoms with van der Waals surface area (Å²) in [7, 11) is 3.75. The van der Waals surface area contributed by atoms with Gasteiger partial charge in [-0.1, -0.05) is 29.5 Å². The summed E-state index contributed by atoms with van der Waals surface area (Å²) in [5.41, 5.74) is 8.12. The van der Waals surface area contributed by atoms with Crippen molar-refractivity contribution in [1.29, 1.82) is 0 Å². The number of nitrogens with two attached hydrogens (primary N) is 1. The van der Waals surface area contributed by atoms with Gasteiger partial charge in [-0.25, -0.2) is 0 Å². The van der Waals surface area contributed by atoms with Crippen LogP contribution in [0.5, 0.6) is 0 Å². The predicted octanol–water partition coefficient (Wildman–Crippen LogP) is 2.30. The van der Waals surface area contributed by atoms with Crippen LogP contribution in [-0.2, 0) is 5.75 Å². The number of rotatable bonds is 6. The monoisotopic (exact) mass is 411 g/mol. The van der Waals surface area contributed by atoms with E-state index in [0.29, 0.717) is 17.5 Å². The Balaban J connectivity index is 1.64. The molecule has 1 saturated heterocycles. The minimum absolute atomic E-state index is 0.219. The first kappa shape index (κ1) is 19.4. The Labute approximate surface area is 174 Å². The maximum Gasteiger partial charge on any atom is 0.232 e.